The average molecular weight is 579 g/mol. The Balaban J connectivity index is 4.93. The van der Waals surface area contributed by atoms with E-state index in [0.717, 1.165) is 0 Å². The molecule has 0 aromatic carbocycles. The zero-order valence-electron chi connectivity index (χ0n) is 23.7. The van der Waals surface area contributed by atoms with Gasteiger partial charge in [0.2, 0.25) is 0 Å². The molecule has 0 aromatic rings. The Labute approximate surface area is 232 Å². The summed E-state index contributed by atoms with van der Waals surface area (Å²) < 4.78 is 14.5. The molecule has 40 heavy (non-hydrogen) atoms. The first-order chi connectivity index (χ1) is 18.6. The molecule has 6 N–H and O–H groups in total. The van der Waals surface area contributed by atoms with Gasteiger partial charge in [0.25, 0.3) is 17.7 Å². The van der Waals surface area contributed by atoms with Crippen LogP contribution >= 0.6 is 0 Å². The maximum atomic E-state index is 12.2. The van der Waals surface area contributed by atoms with Crippen LogP contribution in [0, 0.1) is 0 Å². The summed E-state index contributed by atoms with van der Waals surface area (Å²) in [5.74, 6) is -4.64. The van der Waals surface area contributed by atoms with Gasteiger partial charge in [0, 0.05) is 39.3 Å². The summed E-state index contributed by atoms with van der Waals surface area (Å²) in [6.45, 7) is 8.68. The highest BCUT2D eigenvalue weighted by molar-refractivity contribution is 5.85. The van der Waals surface area contributed by atoms with Crippen LogP contribution in [-0.4, -0.2) is 132 Å². The van der Waals surface area contributed by atoms with Gasteiger partial charge in [-0.1, -0.05) is 0 Å². The molecule has 6 atom stereocenters. The van der Waals surface area contributed by atoms with E-state index in [2.05, 4.69) is 16.0 Å². The van der Waals surface area contributed by atoms with Crippen LogP contribution in [0.25, 0.3) is 0 Å². The average Bonchev–Trinajstić information content (AvgIpc) is 2.87. The van der Waals surface area contributed by atoms with Crippen molar-refractivity contribution in [2.75, 3.05) is 39.3 Å². The van der Waals surface area contributed by atoms with Crippen molar-refractivity contribution in [3.05, 3.63) is 0 Å². The van der Waals surface area contributed by atoms with Gasteiger partial charge in [-0.05, 0) is 41.5 Å². The maximum Gasteiger partial charge on any atom is 0.335 e. The summed E-state index contributed by atoms with van der Waals surface area (Å²) in [6.07, 6.45) is -7.59. The van der Waals surface area contributed by atoms with E-state index in [9.17, 15) is 44.1 Å². The molecule has 6 unspecified atom stereocenters. The van der Waals surface area contributed by atoms with E-state index in [-0.39, 0.29) is 39.3 Å². The Morgan fingerprint density at radius 1 is 0.525 bits per heavy atom. The fraction of sp³-hybridized carbons (Fsp3) is 0.750. The first kappa shape index (κ1) is 36.7. The molecule has 0 aliphatic carbocycles. The largest absolute Gasteiger partial charge is 0.451 e. The third kappa shape index (κ3) is 15.3. The number of ether oxygens (including phenoxy) is 3. The van der Waals surface area contributed by atoms with Crippen LogP contribution in [0.15, 0.2) is 0 Å². The molecule has 0 heterocycles. The van der Waals surface area contributed by atoms with E-state index >= 15 is 0 Å². The standard InChI is InChI=1S/C24H42N4O12/c1-13(29)22(35)38-16(4)19(32)25-7-10-28(11-8-26-20(33)17(5)39-23(36)14(2)30)12-9-27-21(34)18(6)40-24(37)15(3)31/h13-18,29-31H,7-12H2,1-6H3,(H,25,32)(H,26,33)(H,27,34). The topological polar surface area (TPSA) is 230 Å². The predicted octanol–water partition coefficient (Wildman–Crippen LogP) is -3.43. The third-order valence-electron chi connectivity index (χ3n) is 5.19. The van der Waals surface area contributed by atoms with Crippen LogP contribution in [0.4, 0.5) is 0 Å². The monoisotopic (exact) mass is 578 g/mol. The third-order valence-corrected chi connectivity index (χ3v) is 5.19. The first-order valence-electron chi connectivity index (χ1n) is 12.8. The highest BCUT2D eigenvalue weighted by Gasteiger charge is 2.23. The Morgan fingerprint density at radius 3 is 0.950 bits per heavy atom. The lowest BCUT2D eigenvalue weighted by Crippen LogP contribution is -2.46. The molecule has 0 spiro atoms. The summed E-state index contributed by atoms with van der Waals surface area (Å²) in [5.41, 5.74) is 0. The SMILES string of the molecule is CC(O)C(=O)OC(C)C(=O)NCCN(CCNC(=O)C(C)OC(=O)C(C)O)CCNC(=O)C(C)OC(=O)C(C)O. The van der Waals surface area contributed by atoms with Crippen molar-refractivity contribution in [1.29, 1.82) is 0 Å². The fourth-order valence-corrected chi connectivity index (χ4v) is 2.76. The molecule has 16 heteroatoms. The van der Waals surface area contributed by atoms with Crippen LogP contribution in [0.2, 0.25) is 0 Å². The van der Waals surface area contributed by atoms with Gasteiger partial charge in [-0.3, -0.25) is 19.3 Å². The summed E-state index contributed by atoms with van der Waals surface area (Å²) in [5, 5.41) is 35.3. The van der Waals surface area contributed by atoms with Gasteiger partial charge in [0.15, 0.2) is 18.3 Å². The molecule has 0 aromatic heterocycles. The number of hydrogen-bond acceptors (Lipinski definition) is 13. The summed E-state index contributed by atoms with van der Waals surface area (Å²) in [4.78, 5) is 72.7. The number of carbonyl (C=O) groups excluding carboxylic acids is 6. The second-order valence-electron chi connectivity index (χ2n) is 8.98. The van der Waals surface area contributed by atoms with E-state index in [1.54, 1.807) is 4.90 Å². The Bertz CT molecular complexity index is 755. The fourth-order valence-electron chi connectivity index (χ4n) is 2.76. The minimum Gasteiger partial charge on any atom is -0.451 e. The minimum atomic E-state index is -1.38. The summed E-state index contributed by atoms with van der Waals surface area (Å²) in [7, 11) is 0. The molecule has 0 fully saturated rings. The second kappa shape index (κ2) is 18.9. The number of hydrogen-bond donors (Lipinski definition) is 6. The molecule has 0 saturated heterocycles. The first-order valence-corrected chi connectivity index (χ1v) is 12.8. The second-order valence-corrected chi connectivity index (χ2v) is 8.98. The number of esters is 3. The van der Waals surface area contributed by atoms with Crippen molar-refractivity contribution in [2.24, 2.45) is 0 Å². The molecular formula is C24H42N4O12. The Hall–Kier alpha value is -3.34. The molecule has 0 saturated carbocycles. The number of amides is 3. The van der Waals surface area contributed by atoms with E-state index < -0.39 is 72.3 Å². The van der Waals surface area contributed by atoms with Crippen molar-refractivity contribution in [3.63, 3.8) is 0 Å². The Morgan fingerprint density at radius 2 is 0.750 bits per heavy atom. The molecule has 0 bridgehead atoms. The van der Waals surface area contributed by atoms with Gasteiger partial charge >= 0.3 is 17.9 Å². The Kier molecular flexibility index (Phi) is 17.3. The molecule has 16 nitrogen and oxygen atoms in total. The van der Waals surface area contributed by atoms with E-state index in [1.165, 1.54) is 41.5 Å². The lowest BCUT2D eigenvalue weighted by atomic mass is 10.3. The molecular weight excluding hydrogens is 536 g/mol. The van der Waals surface area contributed by atoms with Crippen LogP contribution in [0.3, 0.4) is 0 Å². The zero-order chi connectivity index (χ0) is 31.0. The highest BCUT2D eigenvalue weighted by Crippen LogP contribution is 1.98. The number of nitrogens with zero attached hydrogens (tertiary/aromatic N) is 1. The van der Waals surface area contributed by atoms with Gasteiger partial charge in [0.1, 0.15) is 18.3 Å². The predicted molar refractivity (Wildman–Crippen MR) is 137 cm³/mol. The molecule has 0 rings (SSSR count). The quantitative estimate of drug-likeness (QED) is 0.0688. The van der Waals surface area contributed by atoms with Gasteiger partial charge < -0.3 is 45.5 Å². The molecule has 230 valence electrons. The number of aliphatic hydroxyl groups is 3. The van der Waals surface area contributed by atoms with Crippen molar-refractivity contribution in [1.82, 2.24) is 20.9 Å². The molecule has 3 amide bonds. The molecule has 0 radical (unpaired) electrons. The van der Waals surface area contributed by atoms with E-state index in [4.69, 9.17) is 14.2 Å². The smallest absolute Gasteiger partial charge is 0.335 e. The van der Waals surface area contributed by atoms with Crippen LogP contribution in [-0.2, 0) is 43.0 Å². The number of aliphatic hydroxyl groups excluding tert-OH is 3. The van der Waals surface area contributed by atoms with Gasteiger partial charge in [-0.15, -0.1) is 0 Å². The summed E-state index contributed by atoms with van der Waals surface area (Å²) >= 11 is 0. The van der Waals surface area contributed by atoms with Gasteiger partial charge in [-0.2, -0.15) is 0 Å². The van der Waals surface area contributed by atoms with Crippen LogP contribution < -0.4 is 16.0 Å². The van der Waals surface area contributed by atoms with E-state index in [1.807, 2.05) is 0 Å². The highest BCUT2D eigenvalue weighted by atomic mass is 16.6. The molecule has 0 aliphatic rings. The summed E-state index contributed by atoms with van der Waals surface area (Å²) in [6, 6.07) is 0. The van der Waals surface area contributed by atoms with E-state index in [0.29, 0.717) is 0 Å². The minimum absolute atomic E-state index is 0.0993. The van der Waals surface area contributed by atoms with Gasteiger partial charge in [0.05, 0.1) is 0 Å². The van der Waals surface area contributed by atoms with Crippen molar-refractivity contribution >= 4 is 35.6 Å². The number of carbonyl (C=O) groups is 6. The van der Waals surface area contributed by atoms with Crippen molar-refractivity contribution in [2.45, 2.75) is 78.2 Å². The van der Waals surface area contributed by atoms with Crippen molar-refractivity contribution < 1.29 is 58.3 Å². The van der Waals surface area contributed by atoms with Crippen LogP contribution in [0.1, 0.15) is 41.5 Å². The van der Waals surface area contributed by atoms with Crippen molar-refractivity contribution in [3.8, 4) is 0 Å². The maximum absolute atomic E-state index is 12.2. The number of rotatable bonds is 18. The molecule has 0 aliphatic heterocycles. The van der Waals surface area contributed by atoms with Crippen LogP contribution in [0.5, 0.6) is 0 Å². The lowest BCUT2D eigenvalue weighted by molar-refractivity contribution is -0.162. The normalized spacial score (nSPS) is 15.4. The lowest BCUT2D eigenvalue weighted by Gasteiger charge is -2.24. The van der Waals surface area contributed by atoms with Gasteiger partial charge in [-0.25, -0.2) is 14.4 Å². The number of nitrogens with one attached hydrogen (secondary N) is 3. The zero-order valence-corrected chi connectivity index (χ0v) is 23.7.